The third-order valence-corrected chi connectivity index (χ3v) is 5.69. The first-order valence-corrected chi connectivity index (χ1v) is 10.4. The molecule has 10 heteroatoms. The first-order valence-electron chi connectivity index (χ1n) is 10.0. The number of carbonyl (C=O) groups excluding carboxylic acids is 1. The minimum atomic E-state index is -0.424. The normalized spacial score (nSPS) is 14.2. The van der Waals surface area contributed by atoms with Crippen LogP contribution < -0.4 is 10.2 Å². The van der Waals surface area contributed by atoms with E-state index < -0.39 is 6.10 Å². The molecular formula is C22H20ClFN6O2. The largest absolute Gasteiger partial charge is 0.355 e. The predicted octanol–water partition coefficient (Wildman–Crippen LogP) is 4.22. The smallest absolute Gasteiger partial charge is 0.259 e. The van der Waals surface area contributed by atoms with Crippen molar-refractivity contribution in [3.05, 3.63) is 64.6 Å². The first-order chi connectivity index (χ1) is 15.5. The first kappa shape index (κ1) is 21.7. The molecule has 3 aromatic rings. The van der Waals surface area contributed by atoms with Crippen molar-refractivity contribution in [3.8, 4) is 11.8 Å². The predicted molar refractivity (Wildman–Crippen MR) is 118 cm³/mol. The van der Waals surface area contributed by atoms with Crippen molar-refractivity contribution in [2.45, 2.75) is 25.9 Å². The van der Waals surface area contributed by atoms with Gasteiger partial charge in [-0.3, -0.25) is 4.79 Å². The van der Waals surface area contributed by atoms with E-state index in [2.05, 4.69) is 26.4 Å². The minimum Gasteiger partial charge on any atom is -0.355 e. The average molecular weight is 455 g/mol. The number of nitrogens with one attached hydrogen (secondary N) is 1. The fraction of sp³-hybridized carbons (Fsp3) is 0.273. The summed E-state index contributed by atoms with van der Waals surface area (Å²) in [6.45, 7) is 2.86. The number of anilines is 2. The number of nitriles is 1. The number of aromatic nitrogens is 3. The number of benzene rings is 1. The van der Waals surface area contributed by atoms with E-state index in [1.807, 2.05) is 17.0 Å². The Morgan fingerprint density at radius 3 is 2.66 bits per heavy atom. The fourth-order valence-electron chi connectivity index (χ4n) is 3.69. The van der Waals surface area contributed by atoms with E-state index >= 15 is 0 Å². The van der Waals surface area contributed by atoms with Gasteiger partial charge in [0.1, 0.15) is 18.0 Å². The highest BCUT2D eigenvalue weighted by Crippen LogP contribution is 2.25. The van der Waals surface area contributed by atoms with Crippen LogP contribution in [0.15, 0.2) is 42.7 Å². The molecule has 1 amide bonds. The zero-order chi connectivity index (χ0) is 22.7. The van der Waals surface area contributed by atoms with Gasteiger partial charge < -0.3 is 10.2 Å². The third-order valence-electron chi connectivity index (χ3n) is 5.44. The summed E-state index contributed by atoms with van der Waals surface area (Å²) in [7, 11) is 0. The maximum atomic E-state index is 12.8. The Labute approximate surface area is 189 Å². The van der Waals surface area contributed by atoms with Crippen LogP contribution in [0.2, 0.25) is 5.02 Å². The highest BCUT2D eigenvalue weighted by molar-refractivity contribution is 6.30. The van der Waals surface area contributed by atoms with Gasteiger partial charge in [-0.2, -0.15) is 15.3 Å². The van der Waals surface area contributed by atoms with Gasteiger partial charge in [0.2, 0.25) is 0 Å². The van der Waals surface area contributed by atoms with Crippen molar-refractivity contribution < 1.29 is 14.3 Å². The monoisotopic (exact) mass is 454 g/mol. The zero-order valence-corrected chi connectivity index (χ0v) is 18.0. The number of rotatable bonds is 5. The lowest BCUT2D eigenvalue weighted by Gasteiger charge is -2.31. The van der Waals surface area contributed by atoms with Crippen molar-refractivity contribution >= 4 is 29.0 Å². The second-order valence-electron chi connectivity index (χ2n) is 7.47. The van der Waals surface area contributed by atoms with Crippen LogP contribution in [0.25, 0.3) is 5.69 Å². The van der Waals surface area contributed by atoms with Gasteiger partial charge in [0.15, 0.2) is 0 Å². The standard InChI is InChI=1S/C22H20ClFN6O2/c1-14-20(13-27-30(14)18-4-2-16(23)3-5-18)22(31)28-17-10-15(11-25)21(26-12-17)29-8-6-19(32-24)7-9-29/h2-5,10,12-13,19H,6-9H2,1H3,(H,28,31). The molecule has 0 saturated carbocycles. The molecule has 1 fully saturated rings. The Balaban J connectivity index is 1.50. The van der Waals surface area contributed by atoms with E-state index in [9.17, 15) is 14.6 Å². The highest BCUT2D eigenvalue weighted by Gasteiger charge is 2.24. The summed E-state index contributed by atoms with van der Waals surface area (Å²) < 4.78 is 14.0. The topological polar surface area (TPSA) is 96.1 Å². The van der Waals surface area contributed by atoms with E-state index in [4.69, 9.17) is 11.6 Å². The Hall–Kier alpha value is -3.48. The molecule has 0 spiro atoms. The molecule has 1 aliphatic rings. The lowest BCUT2D eigenvalue weighted by atomic mass is 10.1. The van der Waals surface area contributed by atoms with Crippen LogP contribution in [-0.4, -0.2) is 39.9 Å². The molecule has 0 atom stereocenters. The van der Waals surface area contributed by atoms with Crippen molar-refractivity contribution in [2.75, 3.05) is 23.3 Å². The molecule has 0 radical (unpaired) electrons. The van der Waals surface area contributed by atoms with Crippen LogP contribution in [0.3, 0.4) is 0 Å². The van der Waals surface area contributed by atoms with E-state index in [0.29, 0.717) is 59.3 Å². The zero-order valence-electron chi connectivity index (χ0n) is 17.3. The summed E-state index contributed by atoms with van der Waals surface area (Å²) >= 11 is 5.94. The molecule has 1 aliphatic heterocycles. The molecule has 0 unspecified atom stereocenters. The Bertz CT molecular complexity index is 1170. The van der Waals surface area contributed by atoms with Gasteiger partial charge in [0.05, 0.1) is 40.6 Å². The molecule has 32 heavy (non-hydrogen) atoms. The molecule has 0 bridgehead atoms. The molecule has 8 nitrogen and oxygen atoms in total. The van der Waals surface area contributed by atoms with Crippen molar-refractivity contribution in [1.29, 1.82) is 5.26 Å². The number of carbonyl (C=O) groups is 1. The molecule has 1 N–H and O–H groups in total. The molecule has 2 aromatic heterocycles. The van der Waals surface area contributed by atoms with Crippen molar-refractivity contribution in [2.24, 2.45) is 0 Å². The number of piperidine rings is 1. The summed E-state index contributed by atoms with van der Waals surface area (Å²) in [4.78, 5) is 23.0. The van der Waals surface area contributed by atoms with Gasteiger partial charge in [0.25, 0.3) is 5.91 Å². The Morgan fingerprint density at radius 1 is 1.28 bits per heavy atom. The number of pyridine rings is 1. The van der Waals surface area contributed by atoms with Crippen LogP contribution in [-0.2, 0) is 4.94 Å². The lowest BCUT2D eigenvalue weighted by Crippen LogP contribution is -2.37. The van der Waals surface area contributed by atoms with Crippen molar-refractivity contribution in [1.82, 2.24) is 14.8 Å². The van der Waals surface area contributed by atoms with Gasteiger partial charge >= 0.3 is 0 Å². The molecule has 0 aliphatic carbocycles. The summed E-state index contributed by atoms with van der Waals surface area (Å²) in [5.74, 6) is 0.150. The SMILES string of the molecule is Cc1c(C(=O)Nc2cnc(N3CCC(OF)CC3)c(C#N)c2)cnn1-c1ccc(Cl)cc1. The molecule has 1 aromatic carbocycles. The number of hydrogen-bond acceptors (Lipinski definition) is 6. The second-order valence-corrected chi connectivity index (χ2v) is 7.90. The van der Waals surface area contributed by atoms with Crippen LogP contribution in [0.5, 0.6) is 0 Å². The van der Waals surface area contributed by atoms with Crippen molar-refractivity contribution in [3.63, 3.8) is 0 Å². The number of nitrogens with zero attached hydrogens (tertiary/aromatic N) is 5. The van der Waals surface area contributed by atoms with Gasteiger partial charge in [-0.05, 0) is 54.6 Å². The highest BCUT2D eigenvalue weighted by atomic mass is 35.5. The molecule has 1 saturated heterocycles. The van der Waals surface area contributed by atoms with E-state index in [1.54, 1.807) is 29.8 Å². The number of hydrogen-bond donors (Lipinski definition) is 1. The van der Waals surface area contributed by atoms with Gasteiger partial charge in [0, 0.05) is 18.1 Å². The number of halogens is 2. The van der Waals surface area contributed by atoms with Gasteiger partial charge in [-0.15, -0.1) is 0 Å². The average Bonchev–Trinajstić information content (AvgIpc) is 3.21. The maximum Gasteiger partial charge on any atom is 0.259 e. The fourth-order valence-corrected chi connectivity index (χ4v) is 3.82. The molecule has 3 heterocycles. The van der Waals surface area contributed by atoms with Crippen LogP contribution in [0.1, 0.15) is 34.5 Å². The number of amides is 1. The molecule has 4 rings (SSSR count). The summed E-state index contributed by atoms with van der Waals surface area (Å²) in [5, 5.41) is 17.3. The lowest BCUT2D eigenvalue weighted by molar-refractivity contribution is -0.183. The van der Waals surface area contributed by atoms with E-state index in [1.165, 1.54) is 12.4 Å². The minimum absolute atomic E-state index is 0.330. The van der Waals surface area contributed by atoms with Crippen LogP contribution >= 0.6 is 11.6 Å². The van der Waals surface area contributed by atoms with Crippen LogP contribution in [0, 0.1) is 18.3 Å². The Kier molecular flexibility index (Phi) is 6.35. The summed E-state index contributed by atoms with van der Waals surface area (Å²) in [6, 6.07) is 10.8. The maximum absolute atomic E-state index is 12.8. The van der Waals surface area contributed by atoms with Gasteiger partial charge in [-0.25, -0.2) is 9.67 Å². The summed E-state index contributed by atoms with van der Waals surface area (Å²) in [5.41, 5.74) is 2.57. The van der Waals surface area contributed by atoms with E-state index in [-0.39, 0.29) is 5.91 Å². The van der Waals surface area contributed by atoms with Crippen LogP contribution in [0.4, 0.5) is 16.0 Å². The quantitative estimate of drug-likeness (QED) is 0.620. The molecule has 164 valence electrons. The van der Waals surface area contributed by atoms with E-state index in [0.717, 1.165) is 5.69 Å². The Morgan fingerprint density at radius 2 is 2.00 bits per heavy atom. The summed E-state index contributed by atoms with van der Waals surface area (Å²) in [6.07, 6.45) is 3.60. The third kappa shape index (κ3) is 4.42. The van der Waals surface area contributed by atoms with Gasteiger partial charge in [-0.1, -0.05) is 11.6 Å². The molecular weight excluding hydrogens is 435 g/mol. The second kappa shape index (κ2) is 9.34.